The molecule has 0 radical (unpaired) electrons. The first-order valence-corrected chi connectivity index (χ1v) is 9.14. The molecule has 0 N–H and O–H groups in total. The SMILES string of the molecule is COC12c3ccccc3C(c3ccccc31)C13C(F)(F)C(F)(F)C21C(F)(F)C3(F)F. The van der Waals surface area contributed by atoms with Crippen LogP contribution >= 0.6 is 0 Å². The molecule has 0 aliphatic heterocycles. The van der Waals surface area contributed by atoms with Gasteiger partial charge in [0.2, 0.25) is 0 Å². The molecular formula is C21H12F8O. The Labute approximate surface area is 164 Å². The van der Waals surface area contributed by atoms with Gasteiger partial charge >= 0.3 is 23.7 Å². The quantitative estimate of drug-likeness (QED) is 0.535. The Morgan fingerprint density at radius 2 is 1.03 bits per heavy atom. The van der Waals surface area contributed by atoms with Crippen molar-refractivity contribution in [2.24, 2.45) is 10.8 Å². The lowest BCUT2D eigenvalue weighted by molar-refractivity contribution is -0.643. The molecule has 158 valence electrons. The summed E-state index contributed by atoms with van der Waals surface area (Å²) in [7, 11) is 0.817. The van der Waals surface area contributed by atoms with Gasteiger partial charge in [-0.1, -0.05) is 48.5 Å². The molecule has 0 heterocycles. The van der Waals surface area contributed by atoms with Crippen molar-refractivity contribution in [2.75, 3.05) is 7.11 Å². The number of benzene rings is 2. The molecule has 0 saturated heterocycles. The summed E-state index contributed by atoms with van der Waals surface area (Å²) >= 11 is 0. The minimum atomic E-state index is -5.44. The molecule has 1 nitrogen and oxygen atoms in total. The highest BCUT2D eigenvalue weighted by molar-refractivity contribution is 5.71. The van der Waals surface area contributed by atoms with Crippen molar-refractivity contribution in [1.82, 2.24) is 0 Å². The van der Waals surface area contributed by atoms with Crippen LogP contribution in [0.4, 0.5) is 35.1 Å². The Morgan fingerprint density at radius 1 is 0.633 bits per heavy atom. The van der Waals surface area contributed by atoms with E-state index in [1.54, 1.807) is 0 Å². The monoisotopic (exact) mass is 432 g/mol. The van der Waals surface area contributed by atoms with E-state index in [2.05, 4.69) is 0 Å². The standard InChI is InChI=1S/C21H12F8O/c1-30-15-12-8-4-2-6-10(12)14(11-7-3-5-9-13(11)15)16-17(15,20(26,27)18(16,22)23)21(28,29)19(16,24)25/h2-9,14H,1H3. The first kappa shape index (κ1) is 18.6. The summed E-state index contributed by atoms with van der Waals surface area (Å²) in [6.45, 7) is 0. The Morgan fingerprint density at radius 3 is 1.43 bits per heavy atom. The van der Waals surface area contributed by atoms with Crippen molar-refractivity contribution in [3.05, 3.63) is 70.8 Å². The fraction of sp³-hybridized carbons (Fsp3) is 0.429. The van der Waals surface area contributed by atoms with Gasteiger partial charge in [-0.05, 0) is 22.3 Å². The van der Waals surface area contributed by atoms with Gasteiger partial charge in [0.15, 0.2) is 5.41 Å². The summed E-state index contributed by atoms with van der Waals surface area (Å²) < 4.78 is 127. The fourth-order valence-corrected chi connectivity index (χ4v) is 7.20. The number of methoxy groups -OCH3 is 1. The van der Waals surface area contributed by atoms with Crippen LogP contribution < -0.4 is 0 Å². The third kappa shape index (κ3) is 1.09. The predicted octanol–water partition coefficient (Wildman–Crippen LogP) is 5.58. The van der Waals surface area contributed by atoms with Crippen molar-refractivity contribution in [1.29, 1.82) is 0 Å². The fourth-order valence-electron chi connectivity index (χ4n) is 7.20. The number of hydrogen-bond donors (Lipinski definition) is 0. The number of alkyl halides is 8. The minimum absolute atomic E-state index is 0.126. The van der Waals surface area contributed by atoms with Crippen LogP contribution in [0.2, 0.25) is 0 Å². The molecule has 2 saturated carbocycles. The first-order chi connectivity index (χ1) is 13.9. The summed E-state index contributed by atoms with van der Waals surface area (Å²) in [5, 5.41) is 0. The van der Waals surface area contributed by atoms with Gasteiger partial charge in [0.05, 0.1) is 0 Å². The highest BCUT2D eigenvalue weighted by Gasteiger charge is 3.21. The maximum absolute atomic E-state index is 15.2. The van der Waals surface area contributed by atoms with Crippen molar-refractivity contribution < 1.29 is 39.9 Å². The molecule has 0 amide bonds. The van der Waals surface area contributed by atoms with Crippen LogP contribution in [0.1, 0.15) is 28.2 Å². The zero-order chi connectivity index (χ0) is 21.8. The lowest BCUT2D eigenvalue weighted by atomic mass is 9.17. The highest BCUT2D eigenvalue weighted by Crippen LogP contribution is 3.01. The molecule has 5 aliphatic rings. The molecule has 2 bridgehead atoms. The molecule has 0 unspecified atom stereocenters. The maximum atomic E-state index is 15.2. The second kappa shape index (κ2) is 4.40. The van der Waals surface area contributed by atoms with Gasteiger partial charge in [-0.2, -0.15) is 35.1 Å². The lowest BCUT2D eigenvalue weighted by Crippen LogP contribution is -3.07. The number of ether oxygens (including phenoxy) is 1. The Kier molecular flexibility index (Phi) is 2.73. The van der Waals surface area contributed by atoms with E-state index in [0.717, 1.165) is 7.11 Å². The van der Waals surface area contributed by atoms with Crippen LogP contribution in [-0.4, -0.2) is 30.8 Å². The average molecular weight is 432 g/mol. The molecule has 9 heteroatoms. The smallest absolute Gasteiger partial charge is 0.327 e. The largest absolute Gasteiger partial charge is 0.368 e. The molecular weight excluding hydrogens is 420 g/mol. The lowest BCUT2D eigenvalue weighted by Gasteiger charge is -2.87. The summed E-state index contributed by atoms with van der Waals surface area (Å²) in [6.07, 6.45) is 0. The summed E-state index contributed by atoms with van der Waals surface area (Å²) in [5.41, 5.74) is -11.7. The highest BCUT2D eigenvalue weighted by atomic mass is 19.3. The van der Waals surface area contributed by atoms with E-state index in [1.807, 2.05) is 0 Å². The van der Waals surface area contributed by atoms with Gasteiger partial charge in [0.1, 0.15) is 11.0 Å². The average Bonchev–Trinajstić information content (AvgIpc) is 2.71. The Balaban J connectivity index is 1.92. The molecule has 30 heavy (non-hydrogen) atoms. The second-order valence-electron chi connectivity index (χ2n) is 8.35. The van der Waals surface area contributed by atoms with E-state index in [0.29, 0.717) is 0 Å². The van der Waals surface area contributed by atoms with Crippen LogP contribution in [-0.2, 0) is 10.3 Å². The summed E-state index contributed by atoms with van der Waals surface area (Å²) in [5.74, 6) is -23.7. The minimum Gasteiger partial charge on any atom is -0.368 e. The van der Waals surface area contributed by atoms with Gasteiger partial charge in [-0.15, -0.1) is 0 Å². The van der Waals surface area contributed by atoms with E-state index in [-0.39, 0.29) is 22.3 Å². The van der Waals surface area contributed by atoms with Crippen LogP contribution in [0.5, 0.6) is 0 Å². The van der Waals surface area contributed by atoms with Crippen LogP contribution in [0.15, 0.2) is 48.5 Å². The molecule has 0 spiro atoms. The molecule has 2 aromatic carbocycles. The topological polar surface area (TPSA) is 9.23 Å². The molecule has 2 fully saturated rings. The number of hydrogen-bond acceptors (Lipinski definition) is 1. The third-order valence-electron chi connectivity index (χ3n) is 7.88. The molecule has 0 atom stereocenters. The van der Waals surface area contributed by atoms with Crippen LogP contribution in [0.3, 0.4) is 0 Å². The third-order valence-corrected chi connectivity index (χ3v) is 7.88. The van der Waals surface area contributed by atoms with Gasteiger partial charge in [0.25, 0.3) is 0 Å². The van der Waals surface area contributed by atoms with Crippen molar-refractivity contribution in [3.63, 3.8) is 0 Å². The summed E-state index contributed by atoms with van der Waals surface area (Å²) in [4.78, 5) is 0. The van der Waals surface area contributed by atoms with Crippen molar-refractivity contribution in [3.8, 4) is 0 Å². The van der Waals surface area contributed by atoms with E-state index in [9.17, 15) is 0 Å². The van der Waals surface area contributed by atoms with Gasteiger partial charge in [0, 0.05) is 13.0 Å². The number of rotatable bonds is 1. The predicted molar refractivity (Wildman–Crippen MR) is 87.2 cm³/mol. The van der Waals surface area contributed by atoms with Crippen LogP contribution in [0, 0.1) is 10.8 Å². The zero-order valence-electron chi connectivity index (χ0n) is 15.1. The number of halogens is 8. The van der Waals surface area contributed by atoms with Crippen molar-refractivity contribution >= 4 is 0 Å². The summed E-state index contributed by atoms with van der Waals surface area (Å²) in [6, 6.07) is 10.3. The maximum Gasteiger partial charge on any atom is 0.327 e. The zero-order valence-corrected chi connectivity index (χ0v) is 15.1. The van der Waals surface area contributed by atoms with Gasteiger partial charge < -0.3 is 4.74 Å². The van der Waals surface area contributed by atoms with Crippen molar-refractivity contribution in [2.45, 2.75) is 35.2 Å². The van der Waals surface area contributed by atoms with E-state index >= 15 is 35.1 Å². The Hall–Kier alpha value is -2.16. The first-order valence-electron chi connectivity index (χ1n) is 9.14. The Bertz CT molecular complexity index is 1060. The molecule has 5 aliphatic carbocycles. The molecule has 0 aromatic heterocycles. The molecule has 7 rings (SSSR count). The van der Waals surface area contributed by atoms with Gasteiger partial charge in [-0.25, -0.2) is 0 Å². The molecule has 2 aromatic rings. The normalized spacial score (nSPS) is 41.4. The van der Waals surface area contributed by atoms with Gasteiger partial charge in [-0.3, -0.25) is 0 Å². The van der Waals surface area contributed by atoms with E-state index in [4.69, 9.17) is 4.74 Å². The van der Waals surface area contributed by atoms with Crippen LogP contribution in [0.25, 0.3) is 0 Å². The van der Waals surface area contributed by atoms with E-state index < -0.39 is 46.0 Å². The van der Waals surface area contributed by atoms with E-state index in [1.165, 1.54) is 48.5 Å². The second-order valence-corrected chi connectivity index (χ2v) is 8.35.